The molecule has 6 heteroatoms. The Morgan fingerprint density at radius 2 is 2.31 bits per heavy atom. The molecule has 0 aromatic carbocycles. The van der Waals surface area contributed by atoms with Gasteiger partial charge in [0.15, 0.2) is 5.76 Å². The van der Waals surface area contributed by atoms with Crippen molar-refractivity contribution in [2.24, 2.45) is 0 Å². The number of anilines is 1. The molecule has 0 amide bonds. The monoisotopic (exact) mass is 220 g/mol. The number of hydrogen-bond donors (Lipinski definition) is 1. The molecule has 6 nitrogen and oxygen atoms in total. The van der Waals surface area contributed by atoms with Gasteiger partial charge in [0.1, 0.15) is 12.1 Å². The maximum atomic E-state index is 5.10. The van der Waals surface area contributed by atoms with E-state index in [1.54, 1.807) is 19.4 Å². The fourth-order valence-electron chi connectivity index (χ4n) is 1.32. The summed E-state index contributed by atoms with van der Waals surface area (Å²) in [5.74, 6) is 2.04. The number of hydrogen-bond acceptors (Lipinski definition) is 6. The van der Waals surface area contributed by atoms with E-state index in [4.69, 9.17) is 9.26 Å². The van der Waals surface area contributed by atoms with Crippen molar-refractivity contribution in [2.45, 2.75) is 13.5 Å². The fourth-order valence-corrected chi connectivity index (χ4v) is 1.32. The van der Waals surface area contributed by atoms with Crippen molar-refractivity contribution in [1.82, 2.24) is 15.1 Å². The first-order chi connectivity index (χ1) is 7.81. The largest absolute Gasteiger partial charge is 0.481 e. The van der Waals surface area contributed by atoms with Gasteiger partial charge in [0.2, 0.25) is 5.88 Å². The molecule has 0 aliphatic rings. The Morgan fingerprint density at radius 1 is 1.44 bits per heavy atom. The van der Waals surface area contributed by atoms with Crippen LogP contribution in [-0.2, 0) is 6.54 Å². The van der Waals surface area contributed by atoms with Gasteiger partial charge in [-0.25, -0.2) is 9.97 Å². The second kappa shape index (κ2) is 4.61. The Kier molecular flexibility index (Phi) is 3.00. The fraction of sp³-hybridized carbons (Fsp3) is 0.300. The van der Waals surface area contributed by atoms with Crippen LogP contribution in [0.2, 0.25) is 0 Å². The number of nitrogens with zero attached hydrogens (tertiary/aromatic N) is 3. The quantitative estimate of drug-likeness (QED) is 0.839. The predicted molar refractivity (Wildman–Crippen MR) is 57.2 cm³/mol. The molecule has 2 aromatic rings. The molecule has 2 heterocycles. The maximum Gasteiger partial charge on any atom is 0.221 e. The first-order valence-electron chi connectivity index (χ1n) is 4.80. The second-order valence-electron chi connectivity index (χ2n) is 3.19. The highest BCUT2D eigenvalue weighted by Crippen LogP contribution is 2.20. The van der Waals surface area contributed by atoms with Gasteiger partial charge in [-0.2, -0.15) is 0 Å². The molecule has 16 heavy (non-hydrogen) atoms. The van der Waals surface area contributed by atoms with Gasteiger partial charge >= 0.3 is 0 Å². The molecule has 0 bridgehead atoms. The minimum atomic E-state index is 0.529. The Morgan fingerprint density at radius 3 is 3.00 bits per heavy atom. The number of ether oxygens (including phenoxy) is 1. The number of methoxy groups -OCH3 is 1. The van der Waals surface area contributed by atoms with E-state index in [0.29, 0.717) is 12.4 Å². The van der Waals surface area contributed by atoms with Gasteiger partial charge in [0, 0.05) is 6.07 Å². The summed E-state index contributed by atoms with van der Waals surface area (Å²) >= 11 is 0. The highest BCUT2D eigenvalue weighted by atomic mass is 16.5. The van der Waals surface area contributed by atoms with E-state index in [1.165, 1.54) is 6.33 Å². The van der Waals surface area contributed by atoms with Crippen LogP contribution in [0.5, 0.6) is 5.88 Å². The topological polar surface area (TPSA) is 73.1 Å². The lowest BCUT2D eigenvalue weighted by Crippen LogP contribution is -2.04. The second-order valence-corrected chi connectivity index (χ2v) is 3.19. The molecule has 0 aliphatic carbocycles. The molecule has 0 spiro atoms. The van der Waals surface area contributed by atoms with Crippen LogP contribution in [0.25, 0.3) is 0 Å². The summed E-state index contributed by atoms with van der Waals surface area (Å²) in [4.78, 5) is 8.12. The number of nitrogens with one attached hydrogen (secondary N) is 1. The van der Waals surface area contributed by atoms with E-state index in [-0.39, 0.29) is 0 Å². The van der Waals surface area contributed by atoms with Gasteiger partial charge in [-0.15, -0.1) is 0 Å². The maximum absolute atomic E-state index is 5.10. The zero-order valence-electron chi connectivity index (χ0n) is 9.10. The SMILES string of the molecule is COc1ncnc(NCc2ccno2)c1C. The summed E-state index contributed by atoms with van der Waals surface area (Å²) in [5, 5.41) is 6.74. The van der Waals surface area contributed by atoms with Gasteiger partial charge < -0.3 is 14.6 Å². The molecular weight excluding hydrogens is 208 g/mol. The predicted octanol–water partition coefficient (Wildman–Crippen LogP) is 1.39. The minimum absolute atomic E-state index is 0.529. The molecule has 0 unspecified atom stereocenters. The Balaban J connectivity index is 2.09. The lowest BCUT2D eigenvalue weighted by molar-refractivity contribution is 0.387. The van der Waals surface area contributed by atoms with Crippen molar-refractivity contribution in [3.05, 3.63) is 29.9 Å². The molecule has 0 fully saturated rings. The highest BCUT2D eigenvalue weighted by Gasteiger charge is 2.07. The van der Waals surface area contributed by atoms with Crippen LogP contribution in [0.1, 0.15) is 11.3 Å². The molecule has 1 N–H and O–H groups in total. The van der Waals surface area contributed by atoms with Gasteiger partial charge in [0.25, 0.3) is 0 Å². The zero-order chi connectivity index (χ0) is 11.4. The van der Waals surface area contributed by atoms with Gasteiger partial charge in [-0.3, -0.25) is 0 Å². The Hall–Kier alpha value is -2.11. The van der Waals surface area contributed by atoms with Crippen molar-refractivity contribution < 1.29 is 9.26 Å². The summed E-state index contributed by atoms with van der Waals surface area (Å²) in [6.45, 7) is 2.42. The molecule has 0 aliphatic heterocycles. The van der Waals surface area contributed by atoms with Crippen LogP contribution >= 0.6 is 0 Å². The summed E-state index contributed by atoms with van der Waals surface area (Å²) in [7, 11) is 1.58. The summed E-state index contributed by atoms with van der Waals surface area (Å²) in [6, 6.07) is 1.79. The van der Waals surface area contributed by atoms with Gasteiger partial charge in [-0.1, -0.05) is 5.16 Å². The third-order valence-electron chi connectivity index (χ3n) is 2.15. The lowest BCUT2D eigenvalue weighted by atomic mass is 10.3. The molecule has 2 aromatic heterocycles. The molecule has 84 valence electrons. The number of aromatic nitrogens is 3. The van der Waals surface area contributed by atoms with Crippen molar-refractivity contribution in [1.29, 1.82) is 0 Å². The first-order valence-corrected chi connectivity index (χ1v) is 4.80. The van der Waals surface area contributed by atoms with E-state index >= 15 is 0 Å². The van der Waals surface area contributed by atoms with Crippen molar-refractivity contribution in [3.63, 3.8) is 0 Å². The van der Waals surface area contributed by atoms with Crippen molar-refractivity contribution in [3.8, 4) is 5.88 Å². The third-order valence-corrected chi connectivity index (χ3v) is 2.15. The highest BCUT2D eigenvalue weighted by molar-refractivity contribution is 5.47. The van der Waals surface area contributed by atoms with Crippen molar-refractivity contribution >= 4 is 5.82 Å². The molecular formula is C10H12N4O2. The summed E-state index contributed by atoms with van der Waals surface area (Å²) < 4.78 is 10.1. The third kappa shape index (κ3) is 2.10. The first kappa shape index (κ1) is 10.4. The van der Waals surface area contributed by atoms with E-state index in [1.807, 2.05) is 6.92 Å². The number of rotatable bonds is 4. The van der Waals surface area contributed by atoms with Crippen LogP contribution in [0.4, 0.5) is 5.82 Å². The van der Waals surface area contributed by atoms with E-state index in [2.05, 4.69) is 20.4 Å². The molecule has 0 radical (unpaired) electrons. The molecule has 2 rings (SSSR count). The normalized spacial score (nSPS) is 10.1. The Bertz CT molecular complexity index is 456. The van der Waals surface area contributed by atoms with E-state index in [0.717, 1.165) is 17.1 Å². The molecule has 0 atom stereocenters. The average molecular weight is 220 g/mol. The van der Waals surface area contributed by atoms with E-state index in [9.17, 15) is 0 Å². The van der Waals surface area contributed by atoms with Crippen LogP contribution in [-0.4, -0.2) is 22.2 Å². The summed E-state index contributed by atoms with van der Waals surface area (Å²) in [5.41, 5.74) is 0.865. The minimum Gasteiger partial charge on any atom is -0.481 e. The van der Waals surface area contributed by atoms with Crippen LogP contribution in [0.3, 0.4) is 0 Å². The smallest absolute Gasteiger partial charge is 0.221 e. The van der Waals surface area contributed by atoms with Crippen LogP contribution in [0, 0.1) is 6.92 Å². The van der Waals surface area contributed by atoms with Gasteiger partial charge in [0.05, 0.1) is 25.4 Å². The van der Waals surface area contributed by atoms with Gasteiger partial charge in [-0.05, 0) is 6.92 Å². The average Bonchev–Trinajstić information content (AvgIpc) is 2.81. The van der Waals surface area contributed by atoms with E-state index < -0.39 is 0 Å². The standard InChI is InChI=1S/C10H12N4O2/c1-7-9(12-6-13-10(7)15-2)11-5-8-3-4-14-16-8/h3-4,6H,5H2,1-2H3,(H,11,12,13). The summed E-state index contributed by atoms with van der Waals surface area (Å²) in [6.07, 6.45) is 3.05. The zero-order valence-corrected chi connectivity index (χ0v) is 9.10. The Labute approximate surface area is 92.7 Å². The van der Waals surface area contributed by atoms with Crippen molar-refractivity contribution in [2.75, 3.05) is 12.4 Å². The molecule has 0 saturated carbocycles. The molecule has 0 saturated heterocycles. The lowest BCUT2D eigenvalue weighted by Gasteiger charge is -2.08. The van der Waals surface area contributed by atoms with Crippen LogP contribution in [0.15, 0.2) is 23.1 Å². The van der Waals surface area contributed by atoms with Crippen LogP contribution < -0.4 is 10.1 Å².